The molecular weight excluding hydrogens is 316 g/mol. The van der Waals surface area contributed by atoms with Crippen LogP contribution in [0.5, 0.6) is 0 Å². The summed E-state index contributed by atoms with van der Waals surface area (Å²) < 4.78 is 7.44. The summed E-state index contributed by atoms with van der Waals surface area (Å²) in [6, 6.07) is 12.2. The number of anilines is 1. The molecule has 2 aromatic rings. The Balaban J connectivity index is 1.71. The molecule has 0 spiro atoms. The molecule has 0 saturated carbocycles. The van der Waals surface area contributed by atoms with Crippen molar-refractivity contribution in [2.75, 3.05) is 31.1 Å². The van der Waals surface area contributed by atoms with Crippen LogP contribution in [-0.4, -0.2) is 52.6 Å². The van der Waals surface area contributed by atoms with Crippen LogP contribution in [0.1, 0.15) is 26.5 Å². The van der Waals surface area contributed by atoms with Gasteiger partial charge in [-0.2, -0.15) is 5.10 Å². The summed E-state index contributed by atoms with van der Waals surface area (Å²) in [7, 11) is 0. The normalized spacial score (nSPS) is 15.4. The minimum absolute atomic E-state index is 0.236. The number of rotatable bonds is 2. The highest BCUT2D eigenvalue weighted by Gasteiger charge is 2.27. The van der Waals surface area contributed by atoms with Gasteiger partial charge in [0.2, 0.25) is 0 Å². The topological polar surface area (TPSA) is 50.6 Å². The molecule has 1 aliphatic rings. The maximum atomic E-state index is 12.2. The van der Waals surface area contributed by atoms with Gasteiger partial charge < -0.3 is 14.5 Å². The molecule has 1 fully saturated rings. The molecule has 6 nitrogen and oxygen atoms in total. The van der Waals surface area contributed by atoms with Gasteiger partial charge in [-0.3, -0.25) is 0 Å². The number of amides is 1. The molecule has 25 heavy (non-hydrogen) atoms. The smallest absolute Gasteiger partial charge is 0.410 e. The molecule has 3 rings (SSSR count). The van der Waals surface area contributed by atoms with Crippen LogP contribution in [0.25, 0.3) is 5.69 Å². The van der Waals surface area contributed by atoms with Crippen LogP contribution in [0, 0.1) is 6.92 Å². The average molecular weight is 342 g/mol. The quantitative estimate of drug-likeness (QED) is 0.841. The standard InChI is InChI=1S/C19H26N4O2/c1-15-14-17(23(20-15)16-8-6-5-7-9-16)21-10-12-22(13-11-21)18(24)25-19(2,3)4/h5-9,14H,10-13H2,1-4H3. The number of hydrogen-bond donors (Lipinski definition) is 0. The van der Waals surface area contributed by atoms with Gasteiger partial charge in [0.05, 0.1) is 11.4 Å². The number of para-hydroxylation sites is 1. The predicted octanol–water partition coefficient (Wildman–Crippen LogP) is 3.24. The highest BCUT2D eigenvalue weighted by molar-refractivity contribution is 5.68. The van der Waals surface area contributed by atoms with Gasteiger partial charge in [0, 0.05) is 32.2 Å². The van der Waals surface area contributed by atoms with Crippen molar-refractivity contribution in [2.24, 2.45) is 0 Å². The molecule has 1 amide bonds. The zero-order chi connectivity index (χ0) is 18.0. The fraction of sp³-hybridized carbons (Fsp3) is 0.474. The van der Waals surface area contributed by atoms with Crippen LogP contribution in [0.2, 0.25) is 0 Å². The maximum Gasteiger partial charge on any atom is 0.410 e. The summed E-state index contributed by atoms with van der Waals surface area (Å²) in [5.41, 5.74) is 1.56. The van der Waals surface area contributed by atoms with Crippen molar-refractivity contribution in [3.8, 4) is 5.69 Å². The molecule has 0 aliphatic carbocycles. The highest BCUT2D eigenvalue weighted by Crippen LogP contribution is 2.23. The summed E-state index contributed by atoms with van der Waals surface area (Å²) in [5, 5.41) is 4.63. The van der Waals surface area contributed by atoms with E-state index in [1.807, 2.05) is 62.7 Å². The molecule has 0 radical (unpaired) electrons. The third-order valence-electron chi connectivity index (χ3n) is 4.07. The molecule has 0 N–H and O–H groups in total. The van der Waals surface area contributed by atoms with Crippen molar-refractivity contribution >= 4 is 11.9 Å². The van der Waals surface area contributed by atoms with Crippen molar-refractivity contribution in [3.05, 3.63) is 42.1 Å². The first kappa shape index (κ1) is 17.3. The van der Waals surface area contributed by atoms with E-state index in [-0.39, 0.29) is 6.09 Å². The van der Waals surface area contributed by atoms with E-state index in [0.29, 0.717) is 13.1 Å². The molecule has 2 heterocycles. The van der Waals surface area contributed by atoms with E-state index < -0.39 is 5.60 Å². The Kier molecular flexibility index (Phi) is 4.70. The van der Waals surface area contributed by atoms with Gasteiger partial charge in [0.15, 0.2) is 0 Å². The molecule has 1 aromatic carbocycles. The highest BCUT2D eigenvalue weighted by atomic mass is 16.6. The summed E-state index contributed by atoms with van der Waals surface area (Å²) in [6.07, 6.45) is -0.236. The van der Waals surface area contributed by atoms with E-state index in [1.165, 1.54) is 0 Å². The minimum Gasteiger partial charge on any atom is -0.444 e. The summed E-state index contributed by atoms with van der Waals surface area (Å²) in [6.45, 7) is 10.5. The molecule has 0 atom stereocenters. The number of piperazine rings is 1. The first-order chi connectivity index (χ1) is 11.8. The number of carbonyl (C=O) groups is 1. The van der Waals surface area contributed by atoms with Crippen LogP contribution in [0.4, 0.5) is 10.6 Å². The van der Waals surface area contributed by atoms with Crippen molar-refractivity contribution in [3.63, 3.8) is 0 Å². The fourth-order valence-corrected chi connectivity index (χ4v) is 2.91. The monoisotopic (exact) mass is 342 g/mol. The Bertz CT molecular complexity index is 726. The lowest BCUT2D eigenvalue weighted by molar-refractivity contribution is 0.0240. The van der Waals surface area contributed by atoms with Crippen LogP contribution < -0.4 is 4.90 Å². The summed E-state index contributed by atoms with van der Waals surface area (Å²) >= 11 is 0. The number of aryl methyl sites for hydroxylation is 1. The van der Waals surface area contributed by atoms with Crippen molar-refractivity contribution < 1.29 is 9.53 Å². The molecule has 1 aromatic heterocycles. The van der Waals surface area contributed by atoms with Gasteiger partial charge in [-0.15, -0.1) is 0 Å². The van der Waals surface area contributed by atoms with E-state index in [2.05, 4.69) is 16.1 Å². The Morgan fingerprint density at radius 2 is 1.72 bits per heavy atom. The van der Waals surface area contributed by atoms with Crippen LogP contribution >= 0.6 is 0 Å². The summed E-state index contributed by atoms with van der Waals surface area (Å²) in [4.78, 5) is 16.3. The maximum absolute atomic E-state index is 12.2. The molecule has 134 valence electrons. The first-order valence-corrected chi connectivity index (χ1v) is 8.68. The van der Waals surface area contributed by atoms with E-state index >= 15 is 0 Å². The van der Waals surface area contributed by atoms with Gasteiger partial charge in [-0.1, -0.05) is 18.2 Å². The van der Waals surface area contributed by atoms with Gasteiger partial charge >= 0.3 is 6.09 Å². The second kappa shape index (κ2) is 6.78. The third-order valence-corrected chi connectivity index (χ3v) is 4.07. The molecule has 0 bridgehead atoms. The lowest BCUT2D eigenvalue weighted by atomic mass is 10.2. The Morgan fingerprint density at radius 1 is 1.08 bits per heavy atom. The van der Waals surface area contributed by atoms with E-state index in [4.69, 9.17) is 4.74 Å². The number of ether oxygens (including phenoxy) is 1. The van der Waals surface area contributed by atoms with Crippen LogP contribution in [0.15, 0.2) is 36.4 Å². The molecular formula is C19H26N4O2. The SMILES string of the molecule is Cc1cc(N2CCN(C(=O)OC(C)(C)C)CC2)n(-c2ccccc2)n1. The predicted molar refractivity (Wildman–Crippen MR) is 98.3 cm³/mol. The van der Waals surface area contributed by atoms with Crippen molar-refractivity contribution in [1.82, 2.24) is 14.7 Å². The van der Waals surface area contributed by atoms with Gasteiger partial charge in [0.25, 0.3) is 0 Å². The van der Waals surface area contributed by atoms with Gasteiger partial charge in [-0.25, -0.2) is 9.48 Å². The van der Waals surface area contributed by atoms with Crippen LogP contribution in [-0.2, 0) is 4.74 Å². The second-order valence-electron chi connectivity index (χ2n) is 7.35. The zero-order valence-corrected chi connectivity index (χ0v) is 15.4. The molecule has 6 heteroatoms. The van der Waals surface area contributed by atoms with Gasteiger partial charge in [0.1, 0.15) is 11.4 Å². The Labute approximate surface area is 149 Å². The Hall–Kier alpha value is -2.50. The lowest BCUT2D eigenvalue weighted by Crippen LogP contribution is -2.50. The minimum atomic E-state index is -0.461. The number of carbonyl (C=O) groups excluding carboxylic acids is 1. The van der Waals surface area contributed by atoms with Crippen molar-refractivity contribution in [2.45, 2.75) is 33.3 Å². The largest absolute Gasteiger partial charge is 0.444 e. The lowest BCUT2D eigenvalue weighted by Gasteiger charge is -2.36. The second-order valence-corrected chi connectivity index (χ2v) is 7.35. The fourth-order valence-electron chi connectivity index (χ4n) is 2.91. The molecule has 1 saturated heterocycles. The Morgan fingerprint density at radius 3 is 2.32 bits per heavy atom. The van der Waals surface area contributed by atoms with E-state index in [9.17, 15) is 4.79 Å². The molecule has 0 unspecified atom stereocenters. The van der Waals surface area contributed by atoms with E-state index in [1.54, 1.807) is 4.90 Å². The average Bonchev–Trinajstić information content (AvgIpc) is 2.96. The number of benzene rings is 1. The van der Waals surface area contributed by atoms with Crippen molar-refractivity contribution in [1.29, 1.82) is 0 Å². The number of aromatic nitrogens is 2. The van der Waals surface area contributed by atoms with E-state index in [0.717, 1.165) is 30.3 Å². The molecule has 1 aliphatic heterocycles. The number of nitrogens with zero attached hydrogens (tertiary/aromatic N) is 4. The first-order valence-electron chi connectivity index (χ1n) is 8.68. The summed E-state index contributed by atoms with van der Waals surface area (Å²) in [5.74, 6) is 1.06. The van der Waals surface area contributed by atoms with Crippen LogP contribution in [0.3, 0.4) is 0 Å². The van der Waals surface area contributed by atoms with Gasteiger partial charge in [-0.05, 0) is 39.8 Å². The third kappa shape index (κ3) is 4.13. The zero-order valence-electron chi connectivity index (χ0n) is 15.4. The number of hydrogen-bond acceptors (Lipinski definition) is 4.